The summed E-state index contributed by atoms with van der Waals surface area (Å²) < 4.78 is 10.6. The van der Waals surface area contributed by atoms with E-state index in [9.17, 15) is 4.79 Å². The lowest BCUT2D eigenvalue weighted by Crippen LogP contribution is -2.32. The number of nitrogens with one attached hydrogen (secondary N) is 1. The molecule has 2 aromatic rings. The Kier molecular flexibility index (Phi) is 6.80. The van der Waals surface area contributed by atoms with Crippen molar-refractivity contribution in [1.29, 1.82) is 0 Å². The fraction of sp³-hybridized carbons (Fsp3) is 0.435. The van der Waals surface area contributed by atoms with Gasteiger partial charge in [-0.1, -0.05) is 13.0 Å². The SMILES string of the molecule is COc1ccc(CCC(=O)Nc2ccc(N3CCC(C)CC3)cc2)cc1OC. The van der Waals surface area contributed by atoms with Crippen LogP contribution in [-0.2, 0) is 11.2 Å². The minimum atomic E-state index is 0.00864. The number of rotatable bonds is 7. The summed E-state index contributed by atoms with van der Waals surface area (Å²) in [4.78, 5) is 14.7. The normalized spacial score (nSPS) is 14.6. The minimum Gasteiger partial charge on any atom is -0.493 e. The largest absolute Gasteiger partial charge is 0.493 e. The highest BCUT2D eigenvalue weighted by Crippen LogP contribution is 2.28. The van der Waals surface area contributed by atoms with Crippen LogP contribution >= 0.6 is 0 Å². The van der Waals surface area contributed by atoms with Crippen LogP contribution in [0, 0.1) is 5.92 Å². The van der Waals surface area contributed by atoms with Crippen molar-refractivity contribution in [3.8, 4) is 11.5 Å². The van der Waals surface area contributed by atoms with Gasteiger partial charge in [-0.3, -0.25) is 4.79 Å². The van der Waals surface area contributed by atoms with Crippen molar-refractivity contribution in [2.45, 2.75) is 32.6 Å². The van der Waals surface area contributed by atoms with Gasteiger partial charge in [0.25, 0.3) is 0 Å². The third kappa shape index (κ3) is 5.18. The first-order valence-electron chi connectivity index (χ1n) is 9.95. The van der Waals surface area contributed by atoms with E-state index in [1.54, 1.807) is 14.2 Å². The van der Waals surface area contributed by atoms with E-state index in [-0.39, 0.29) is 5.91 Å². The van der Waals surface area contributed by atoms with Crippen LogP contribution in [-0.4, -0.2) is 33.2 Å². The highest BCUT2D eigenvalue weighted by Gasteiger charge is 2.16. The zero-order valence-corrected chi connectivity index (χ0v) is 17.0. The highest BCUT2D eigenvalue weighted by molar-refractivity contribution is 5.91. The van der Waals surface area contributed by atoms with Crippen molar-refractivity contribution < 1.29 is 14.3 Å². The first kappa shape index (κ1) is 20.1. The van der Waals surface area contributed by atoms with Crippen LogP contribution in [0.4, 0.5) is 11.4 Å². The molecule has 2 aromatic carbocycles. The molecule has 0 aromatic heterocycles. The molecule has 0 radical (unpaired) electrons. The second kappa shape index (κ2) is 9.49. The maximum atomic E-state index is 12.3. The summed E-state index contributed by atoms with van der Waals surface area (Å²) in [6, 6.07) is 13.9. The van der Waals surface area contributed by atoms with Gasteiger partial charge in [0.05, 0.1) is 14.2 Å². The van der Waals surface area contributed by atoms with E-state index in [4.69, 9.17) is 9.47 Å². The zero-order valence-electron chi connectivity index (χ0n) is 17.0. The van der Waals surface area contributed by atoms with Crippen molar-refractivity contribution in [3.05, 3.63) is 48.0 Å². The molecule has 1 amide bonds. The highest BCUT2D eigenvalue weighted by atomic mass is 16.5. The van der Waals surface area contributed by atoms with E-state index in [1.807, 2.05) is 30.3 Å². The summed E-state index contributed by atoms with van der Waals surface area (Å²) in [5.74, 6) is 2.21. The van der Waals surface area contributed by atoms with E-state index in [2.05, 4.69) is 29.3 Å². The van der Waals surface area contributed by atoms with Crippen LogP contribution in [0.1, 0.15) is 31.7 Å². The Bertz CT molecular complexity index is 781. The second-order valence-corrected chi connectivity index (χ2v) is 7.45. The van der Waals surface area contributed by atoms with E-state index in [0.29, 0.717) is 24.3 Å². The van der Waals surface area contributed by atoms with Gasteiger partial charge in [0.2, 0.25) is 5.91 Å². The molecule has 0 aliphatic carbocycles. The van der Waals surface area contributed by atoms with Crippen molar-refractivity contribution >= 4 is 17.3 Å². The number of amides is 1. The molecule has 1 saturated heterocycles. The summed E-state index contributed by atoms with van der Waals surface area (Å²) in [6.07, 6.45) is 3.56. The molecule has 5 nitrogen and oxygen atoms in total. The monoisotopic (exact) mass is 382 g/mol. The molecule has 5 heteroatoms. The standard InChI is InChI=1S/C23H30N2O3/c1-17-12-14-25(15-13-17)20-8-6-19(7-9-20)24-23(26)11-5-18-4-10-21(27-2)22(16-18)28-3/h4,6-10,16-17H,5,11-15H2,1-3H3,(H,24,26). The summed E-state index contributed by atoms with van der Waals surface area (Å²) in [5, 5.41) is 2.99. The number of hydrogen-bond acceptors (Lipinski definition) is 4. The Morgan fingerprint density at radius 1 is 1.04 bits per heavy atom. The summed E-state index contributed by atoms with van der Waals surface area (Å²) in [6.45, 7) is 4.54. The molecule has 1 aliphatic rings. The third-order valence-corrected chi connectivity index (χ3v) is 5.39. The van der Waals surface area contributed by atoms with E-state index >= 15 is 0 Å². The van der Waals surface area contributed by atoms with Crippen LogP contribution in [0.3, 0.4) is 0 Å². The average molecular weight is 383 g/mol. The summed E-state index contributed by atoms with van der Waals surface area (Å²) >= 11 is 0. The topological polar surface area (TPSA) is 50.8 Å². The summed E-state index contributed by atoms with van der Waals surface area (Å²) in [7, 11) is 3.23. The molecule has 0 unspecified atom stereocenters. The van der Waals surface area contributed by atoms with E-state index in [1.165, 1.54) is 18.5 Å². The Balaban J connectivity index is 1.51. The fourth-order valence-corrected chi connectivity index (χ4v) is 3.54. The van der Waals surface area contributed by atoms with Crippen LogP contribution in [0.15, 0.2) is 42.5 Å². The molecule has 0 spiro atoms. The summed E-state index contributed by atoms with van der Waals surface area (Å²) in [5.41, 5.74) is 3.11. The predicted molar refractivity (Wildman–Crippen MR) is 114 cm³/mol. The van der Waals surface area contributed by atoms with Gasteiger partial charge in [-0.25, -0.2) is 0 Å². The lowest BCUT2D eigenvalue weighted by atomic mass is 9.99. The minimum absolute atomic E-state index is 0.00864. The molecule has 1 heterocycles. The Labute approximate surface area is 167 Å². The number of hydrogen-bond donors (Lipinski definition) is 1. The molecule has 0 atom stereocenters. The maximum absolute atomic E-state index is 12.3. The molecule has 0 bridgehead atoms. The number of anilines is 2. The van der Waals surface area contributed by atoms with Crippen molar-refractivity contribution in [3.63, 3.8) is 0 Å². The van der Waals surface area contributed by atoms with Gasteiger partial charge in [0.15, 0.2) is 11.5 Å². The number of carbonyl (C=O) groups is 1. The first-order chi connectivity index (χ1) is 13.6. The van der Waals surface area contributed by atoms with Gasteiger partial charge in [0.1, 0.15) is 0 Å². The lowest BCUT2D eigenvalue weighted by Gasteiger charge is -2.32. The van der Waals surface area contributed by atoms with Crippen LogP contribution in [0.2, 0.25) is 0 Å². The average Bonchev–Trinajstić information content (AvgIpc) is 2.73. The Hall–Kier alpha value is -2.69. The van der Waals surface area contributed by atoms with Crippen molar-refractivity contribution in [1.82, 2.24) is 0 Å². The quantitative estimate of drug-likeness (QED) is 0.765. The van der Waals surface area contributed by atoms with Gasteiger partial charge in [-0.15, -0.1) is 0 Å². The molecule has 150 valence electrons. The van der Waals surface area contributed by atoms with Gasteiger partial charge in [0, 0.05) is 30.9 Å². The molecule has 28 heavy (non-hydrogen) atoms. The second-order valence-electron chi connectivity index (χ2n) is 7.45. The molecular weight excluding hydrogens is 352 g/mol. The Morgan fingerprint density at radius 3 is 2.36 bits per heavy atom. The number of piperidine rings is 1. The third-order valence-electron chi connectivity index (χ3n) is 5.39. The first-order valence-corrected chi connectivity index (χ1v) is 9.95. The van der Waals surface area contributed by atoms with Crippen LogP contribution in [0.25, 0.3) is 0 Å². The smallest absolute Gasteiger partial charge is 0.224 e. The van der Waals surface area contributed by atoms with Gasteiger partial charge < -0.3 is 19.7 Å². The number of methoxy groups -OCH3 is 2. The molecule has 1 aliphatic heterocycles. The maximum Gasteiger partial charge on any atom is 0.224 e. The number of carbonyl (C=O) groups excluding carboxylic acids is 1. The Morgan fingerprint density at radius 2 is 1.71 bits per heavy atom. The molecule has 0 saturated carbocycles. The number of ether oxygens (including phenoxy) is 2. The van der Waals surface area contributed by atoms with Gasteiger partial charge in [-0.05, 0) is 67.1 Å². The van der Waals surface area contributed by atoms with E-state index in [0.717, 1.165) is 30.3 Å². The molecule has 1 fully saturated rings. The molecular formula is C23H30N2O3. The van der Waals surface area contributed by atoms with Crippen molar-refractivity contribution in [2.24, 2.45) is 5.92 Å². The van der Waals surface area contributed by atoms with Gasteiger partial charge >= 0.3 is 0 Å². The lowest BCUT2D eigenvalue weighted by molar-refractivity contribution is -0.116. The van der Waals surface area contributed by atoms with Crippen LogP contribution in [0.5, 0.6) is 11.5 Å². The molecule has 3 rings (SSSR count). The number of benzene rings is 2. The fourth-order valence-electron chi connectivity index (χ4n) is 3.54. The number of aryl methyl sites for hydroxylation is 1. The van der Waals surface area contributed by atoms with E-state index < -0.39 is 0 Å². The zero-order chi connectivity index (χ0) is 19.9. The van der Waals surface area contributed by atoms with Crippen LogP contribution < -0.4 is 19.7 Å². The number of nitrogens with zero attached hydrogens (tertiary/aromatic N) is 1. The van der Waals surface area contributed by atoms with Gasteiger partial charge in [-0.2, -0.15) is 0 Å². The predicted octanol–water partition coefficient (Wildman–Crippen LogP) is 4.51. The molecule has 1 N–H and O–H groups in total. The van der Waals surface area contributed by atoms with Crippen molar-refractivity contribution in [2.75, 3.05) is 37.5 Å².